The first kappa shape index (κ1) is 26.6. The topological polar surface area (TPSA) is 75.4 Å². The third kappa shape index (κ3) is 5.46. The quantitative estimate of drug-likeness (QED) is 0.284. The maximum atomic E-state index is 13.4. The second-order valence-corrected chi connectivity index (χ2v) is 9.69. The van der Waals surface area contributed by atoms with E-state index in [1.54, 1.807) is 6.07 Å². The number of halogens is 3. The van der Waals surface area contributed by atoms with Crippen molar-refractivity contribution in [2.75, 3.05) is 31.1 Å². The maximum absolute atomic E-state index is 13.4. The van der Waals surface area contributed by atoms with Crippen LogP contribution in [0, 0.1) is 0 Å². The van der Waals surface area contributed by atoms with E-state index in [9.17, 15) is 18.0 Å². The molecule has 1 amide bonds. The van der Waals surface area contributed by atoms with E-state index in [1.165, 1.54) is 6.07 Å². The van der Waals surface area contributed by atoms with Gasteiger partial charge < -0.3 is 14.3 Å². The van der Waals surface area contributed by atoms with E-state index >= 15 is 0 Å². The fourth-order valence-electron chi connectivity index (χ4n) is 5.08. The van der Waals surface area contributed by atoms with Gasteiger partial charge >= 0.3 is 6.18 Å². The molecule has 0 bridgehead atoms. The number of amides is 1. The number of hydrogen-bond donors (Lipinski definition) is 0. The summed E-state index contributed by atoms with van der Waals surface area (Å²) in [7, 11) is 0. The van der Waals surface area contributed by atoms with Crippen LogP contribution in [0.15, 0.2) is 59.1 Å². The van der Waals surface area contributed by atoms with Gasteiger partial charge in [0, 0.05) is 38.2 Å². The molecule has 1 aliphatic heterocycles. The number of piperazine rings is 1. The molecule has 0 spiro atoms. The van der Waals surface area contributed by atoms with Crippen molar-refractivity contribution in [1.82, 2.24) is 20.0 Å². The Labute approximate surface area is 224 Å². The summed E-state index contributed by atoms with van der Waals surface area (Å²) in [4.78, 5) is 26.6. The summed E-state index contributed by atoms with van der Waals surface area (Å²) >= 11 is 0. The van der Waals surface area contributed by atoms with Gasteiger partial charge in [0.25, 0.3) is 5.71 Å². The van der Waals surface area contributed by atoms with Crippen molar-refractivity contribution in [3.8, 4) is 11.3 Å². The molecule has 0 saturated carbocycles. The Morgan fingerprint density at radius 2 is 1.74 bits per heavy atom. The normalized spacial score (nSPS) is 15.1. The summed E-state index contributed by atoms with van der Waals surface area (Å²) in [6, 6.07) is 14.8. The highest BCUT2D eigenvalue weighted by molar-refractivity contribution is 5.98. The largest absolute Gasteiger partial charge is 0.416 e. The molecular formula is C29H30F3N5O2. The van der Waals surface area contributed by atoms with Crippen LogP contribution in [0.4, 0.5) is 19.0 Å². The van der Waals surface area contributed by atoms with E-state index in [1.807, 2.05) is 54.0 Å². The summed E-state index contributed by atoms with van der Waals surface area (Å²) in [5, 5.41) is 4.60. The molecule has 2 aromatic heterocycles. The maximum Gasteiger partial charge on any atom is 0.416 e. The van der Waals surface area contributed by atoms with Crippen molar-refractivity contribution in [3.63, 3.8) is 0 Å². The van der Waals surface area contributed by atoms with E-state index in [-0.39, 0.29) is 28.8 Å². The smallest absolute Gasteiger partial charge is 0.352 e. The van der Waals surface area contributed by atoms with Gasteiger partial charge in [-0.05, 0) is 30.5 Å². The van der Waals surface area contributed by atoms with Crippen LogP contribution in [-0.2, 0) is 17.4 Å². The molecule has 0 N–H and O–H groups in total. The lowest BCUT2D eigenvalue weighted by molar-refractivity contribution is -0.137. The zero-order valence-electron chi connectivity index (χ0n) is 21.9. The van der Waals surface area contributed by atoms with E-state index in [0.29, 0.717) is 56.0 Å². The molecule has 1 atom stereocenters. The van der Waals surface area contributed by atoms with Crippen LogP contribution in [0.25, 0.3) is 22.4 Å². The summed E-state index contributed by atoms with van der Waals surface area (Å²) in [5.41, 5.74) is 1.02. The average Bonchev–Trinajstić information content (AvgIpc) is 3.37. The number of rotatable bonds is 7. The minimum absolute atomic E-state index is 0.0949. The highest BCUT2D eigenvalue weighted by atomic mass is 19.4. The highest BCUT2D eigenvalue weighted by Gasteiger charge is 2.32. The zero-order valence-corrected chi connectivity index (χ0v) is 21.9. The average molecular weight is 538 g/mol. The first-order valence-corrected chi connectivity index (χ1v) is 13.2. The van der Waals surface area contributed by atoms with Gasteiger partial charge in [-0.25, -0.2) is 4.98 Å². The molecule has 7 nitrogen and oxygen atoms in total. The molecule has 5 rings (SSSR count). The SMILES string of the molecule is CCCc1nc(N2CCN(C(=O)C(CC)c3ccccc3)CC2)c2c(-c3cccc(C(F)(F)F)c3)noc2n1. The van der Waals surface area contributed by atoms with E-state index in [0.717, 1.165) is 24.1 Å². The van der Waals surface area contributed by atoms with Crippen molar-refractivity contribution < 1.29 is 22.5 Å². The number of carbonyl (C=O) groups is 1. The predicted octanol–water partition coefficient (Wildman–Crippen LogP) is 6.10. The Morgan fingerprint density at radius 3 is 2.41 bits per heavy atom. The molecule has 0 aliphatic carbocycles. The zero-order chi connectivity index (χ0) is 27.6. The molecule has 3 heterocycles. The predicted molar refractivity (Wildman–Crippen MR) is 142 cm³/mol. The first-order chi connectivity index (χ1) is 18.8. The molecule has 10 heteroatoms. The van der Waals surface area contributed by atoms with Gasteiger partial charge in [-0.2, -0.15) is 18.2 Å². The first-order valence-electron chi connectivity index (χ1n) is 13.2. The number of anilines is 1. The minimum Gasteiger partial charge on any atom is -0.352 e. The van der Waals surface area contributed by atoms with Gasteiger partial charge in [0.05, 0.1) is 11.5 Å². The van der Waals surface area contributed by atoms with Crippen LogP contribution in [0.5, 0.6) is 0 Å². The third-order valence-corrected chi connectivity index (χ3v) is 7.10. The van der Waals surface area contributed by atoms with Crippen molar-refractivity contribution in [2.45, 2.75) is 45.2 Å². The molecule has 1 unspecified atom stereocenters. The van der Waals surface area contributed by atoms with Gasteiger partial charge in [-0.15, -0.1) is 0 Å². The Kier molecular flexibility index (Phi) is 7.54. The second-order valence-electron chi connectivity index (χ2n) is 9.69. The Morgan fingerprint density at radius 1 is 1.00 bits per heavy atom. The Hall–Kier alpha value is -3.95. The monoisotopic (exact) mass is 537 g/mol. The number of carbonyl (C=O) groups excluding carboxylic acids is 1. The molecule has 204 valence electrons. The molecule has 1 fully saturated rings. The van der Waals surface area contributed by atoms with Crippen LogP contribution in [-0.4, -0.2) is 52.1 Å². The molecule has 1 saturated heterocycles. The second kappa shape index (κ2) is 11.0. The van der Waals surface area contributed by atoms with E-state index in [2.05, 4.69) is 10.1 Å². The number of aromatic nitrogens is 3. The molecule has 2 aromatic carbocycles. The van der Waals surface area contributed by atoms with Crippen molar-refractivity contribution in [2.24, 2.45) is 0 Å². The number of benzene rings is 2. The molecule has 39 heavy (non-hydrogen) atoms. The lowest BCUT2D eigenvalue weighted by atomic mass is 9.95. The van der Waals surface area contributed by atoms with Crippen molar-refractivity contribution >= 4 is 22.8 Å². The summed E-state index contributed by atoms with van der Waals surface area (Å²) < 4.78 is 45.8. The van der Waals surface area contributed by atoms with Crippen LogP contribution >= 0.6 is 0 Å². The Bertz CT molecular complexity index is 1450. The van der Waals surface area contributed by atoms with Gasteiger partial charge in [-0.3, -0.25) is 4.79 Å². The standard InChI is InChI=1S/C29H30F3N5O2/c1-3-9-23-33-26(24-25(35-39-27(24)34-23)20-12-8-13-21(18-20)29(30,31)32)36-14-16-37(17-15-36)28(38)22(4-2)19-10-6-5-7-11-19/h5-8,10-13,18,22H,3-4,9,14-17H2,1-2H3. The van der Waals surface area contributed by atoms with E-state index in [4.69, 9.17) is 9.51 Å². The summed E-state index contributed by atoms with van der Waals surface area (Å²) in [6.45, 7) is 6.06. The fraction of sp³-hybridized carbons (Fsp3) is 0.379. The van der Waals surface area contributed by atoms with Crippen molar-refractivity contribution in [3.05, 3.63) is 71.5 Å². The number of alkyl halides is 3. The van der Waals surface area contributed by atoms with Crippen LogP contribution < -0.4 is 4.90 Å². The number of fused-ring (bicyclic) bond motifs is 1. The number of aryl methyl sites for hydroxylation is 1. The molecule has 0 radical (unpaired) electrons. The third-order valence-electron chi connectivity index (χ3n) is 7.10. The van der Waals surface area contributed by atoms with Gasteiger partial charge in [0.2, 0.25) is 5.91 Å². The molecule has 4 aromatic rings. The summed E-state index contributed by atoms with van der Waals surface area (Å²) in [6.07, 6.45) is -2.34. The summed E-state index contributed by atoms with van der Waals surface area (Å²) in [5.74, 6) is 1.04. The lowest BCUT2D eigenvalue weighted by Gasteiger charge is -2.37. The van der Waals surface area contributed by atoms with Crippen LogP contribution in [0.2, 0.25) is 0 Å². The van der Waals surface area contributed by atoms with Gasteiger partial charge in [0.1, 0.15) is 22.7 Å². The van der Waals surface area contributed by atoms with Gasteiger partial charge in [-0.1, -0.05) is 61.5 Å². The Balaban J connectivity index is 1.45. The number of hydrogen-bond acceptors (Lipinski definition) is 6. The van der Waals surface area contributed by atoms with Crippen LogP contribution in [0.3, 0.4) is 0 Å². The highest BCUT2D eigenvalue weighted by Crippen LogP contribution is 2.37. The van der Waals surface area contributed by atoms with E-state index < -0.39 is 11.7 Å². The number of nitrogens with zero attached hydrogens (tertiary/aromatic N) is 5. The fourth-order valence-corrected chi connectivity index (χ4v) is 5.08. The van der Waals surface area contributed by atoms with Crippen molar-refractivity contribution in [1.29, 1.82) is 0 Å². The molecule has 1 aliphatic rings. The van der Waals surface area contributed by atoms with Gasteiger partial charge in [0.15, 0.2) is 0 Å². The van der Waals surface area contributed by atoms with Crippen LogP contribution in [0.1, 0.15) is 49.6 Å². The molecular weight excluding hydrogens is 507 g/mol. The lowest BCUT2D eigenvalue weighted by Crippen LogP contribution is -2.50. The minimum atomic E-state index is -4.48.